The number of aryl methyl sites for hydroxylation is 1. The molecule has 0 spiro atoms. The van der Waals surface area contributed by atoms with Crippen LogP contribution in [0, 0.1) is 12.3 Å². The van der Waals surface area contributed by atoms with Gasteiger partial charge in [-0.1, -0.05) is 20.8 Å². The van der Waals surface area contributed by atoms with Gasteiger partial charge in [-0.3, -0.25) is 0 Å². The molecular weight excluding hydrogens is 230 g/mol. The Kier molecular flexibility index (Phi) is 4.86. The molecule has 6 heteroatoms. The maximum absolute atomic E-state index is 9.24. The van der Waals surface area contributed by atoms with Gasteiger partial charge in [0, 0.05) is 30.6 Å². The molecule has 1 aromatic heterocycles. The molecule has 0 aliphatic rings. The quantitative estimate of drug-likeness (QED) is 0.447. The van der Waals surface area contributed by atoms with E-state index in [2.05, 4.69) is 20.7 Å². The van der Waals surface area contributed by atoms with E-state index in [9.17, 15) is 5.11 Å². The molecule has 1 heterocycles. The first-order valence-corrected chi connectivity index (χ1v) is 6.12. The van der Waals surface area contributed by atoms with Gasteiger partial charge in [-0.05, 0) is 6.92 Å². The van der Waals surface area contributed by atoms with Crippen molar-refractivity contribution >= 4 is 11.6 Å². The number of aliphatic hydroxyl groups is 1. The molecule has 0 unspecified atom stereocenters. The van der Waals surface area contributed by atoms with Gasteiger partial charge in [-0.15, -0.1) is 0 Å². The van der Waals surface area contributed by atoms with E-state index < -0.39 is 0 Å². The summed E-state index contributed by atoms with van der Waals surface area (Å²) in [5.74, 6) is 7.57. The number of aromatic nitrogens is 2. The predicted molar refractivity (Wildman–Crippen MR) is 73.3 cm³/mol. The van der Waals surface area contributed by atoms with Crippen LogP contribution >= 0.6 is 0 Å². The summed E-state index contributed by atoms with van der Waals surface area (Å²) in [6, 6.07) is 0. The number of hydrazine groups is 1. The molecule has 0 saturated carbocycles. The summed E-state index contributed by atoms with van der Waals surface area (Å²) in [6.07, 6.45) is 0.743. The summed E-state index contributed by atoms with van der Waals surface area (Å²) in [6.45, 7) is 8.62. The zero-order valence-corrected chi connectivity index (χ0v) is 11.5. The average molecular weight is 253 g/mol. The molecular formula is C12H23N5O. The van der Waals surface area contributed by atoms with E-state index in [0.29, 0.717) is 12.4 Å². The Hall–Kier alpha value is -1.40. The Morgan fingerprint density at radius 3 is 2.39 bits per heavy atom. The van der Waals surface area contributed by atoms with Crippen molar-refractivity contribution in [3.8, 4) is 0 Å². The molecule has 102 valence electrons. The van der Waals surface area contributed by atoms with Gasteiger partial charge in [-0.25, -0.2) is 15.8 Å². The lowest BCUT2D eigenvalue weighted by molar-refractivity contribution is 0.170. The summed E-state index contributed by atoms with van der Waals surface area (Å²) in [7, 11) is 0. The number of nitrogens with zero attached hydrogens (tertiary/aromatic N) is 2. The van der Waals surface area contributed by atoms with Crippen molar-refractivity contribution in [2.24, 2.45) is 11.3 Å². The van der Waals surface area contributed by atoms with Crippen molar-refractivity contribution in [3.63, 3.8) is 0 Å². The molecule has 6 nitrogen and oxygen atoms in total. The van der Waals surface area contributed by atoms with Gasteiger partial charge in [-0.2, -0.15) is 0 Å². The number of aliphatic hydroxyl groups excluding tert-OH is 1. The van der Waals surface area contributed by atoms with Crippen LogP contribution < -0.4 is 16.6 Å². The third-order valence-corrected chi connectivity index (χ3v) is 2.81. The highest BCUT2D eigenvalue weighted by molar-refractivity contribution is 5.56. The number of nitrogens with one attached hydrogen (secondary N) is 2. The van der Waals surface area contributed by atoms with Crippen LogP contribution in [-0.2, 0) is 6.42 Å². The molecule has 5 N–H and O–H groups in total. The minimum atomic E-state index is -0.194. The first-order valence-electron chi connectivity index (χ1n) is 6.12. The fourth-order valence-electron chi connectivity index (χ4n) is 1.41. The van der Waals surface area contributed by atoms with Gasteiger partial charge in [0.15, 0.2) is 0 Å². The van der Waals surface area contributed by atoms with Gasteiger partial charge in [0.2, 0.25) is 0 Å². The zero-order valence-electron chi connectivity index (χ0n) is 11.5. The van der Waals surface area contributed by atoms with Crippen LogP contribution in [-0.4, -0.2) is 28.2 Å². The van der Waals surface area contributed by atoms with Crippen LogP contribution in [0.4, 0.5) is 11.6 Å². The summed E-state index contributed by atoms with van der Waals surface area (Å²) in [4.78, 5) is 8.74. The average Bonchev–Trinajstić information content (AvgIpc) is 2.37. The number of nitrogens with two attached hydrogens (primary N) is 1. The number of hydrogen-bond acceptors (Lipinski definition) is 6. The Balaban J connectivity index is 2.94. The molecule has 1 aromatic rings. The maximum Gasteiger partial charge on any atom is 0.148 e. The fourth-order valence-corrected chi connectivity index (χ4v) is 1.41. The third-order valence-electron chi connectivity index (χ3n) is 2.81. The van der Waals surface area contributed by atoms with E-state index >= 15 is 0 Å². The summed E-state index contributed by atoms with van der Waals surface area (Å²) < 4.78 is 0. The Labute approximate surface area is 108 Å². The van der Waals surface area contributed by atoms with Crippen LogP contribution in [0.2, 0.25) is 0 Å². The standard InChI is InChI=1S/C12H23N5O/c1-5-9-15-10(8(2)11(16-9)17-13)14-6-12(3,4)7-18/h18H,5-7,13H2,1-4H3,(H2,14,15,16,17). The Morgan fingerprint density at radius 2 is 1.89 bits per heavy atom. The Morgan fingerprint density at radius 1 is 1.28 bits per heavy atom. The van der Waals surface area contributed by atoms with Gasteiger partial charge < -0.3 is 15.8 Å². The largest absolute Gasteiger partial charge is 0.396 e. The second kappa shape index (κ2) is 5.97. The number of rotatable bonds is 6. The van der Waals surface area contributed by atoms with Gasteiger partial charge in [0.1, 0.15) is 17.5 Å². The van der Waals surface area contributed by atoms with Crippen LogP contribution in [0.5, 0.6) is 0 Å². The highest BCUT2D eigenvalue weighted by Crippen LogP contribution is 2.21. The monoisotopic (exact) mass is 253 g/mol. The van der Waals surface area contributed by atoms with E-state index in [4.69, 9.17) is 5.84 Å². The lowest BCUT2D eigenvalue weighted by atomic mass is 9.95. The smallest absolute Gasteiger partial charge is 0.148 e. The molecule has 0 aromatic carbocycles. The normalized spacial score (nSPS) is 11.4. The second-order valence-corrected chi connectivity index (χ2v) is 5.14. The summed E-state index contributed by atoms with van der Waals surface area (Å²) >= 11 is 0. The van der Waals surface area contributed by atoms with E-state index in [1.54, 1.807) is 0 Å². The van der Waals surface area contributed by atoms with Crippen LogP contribution in [0.25, 0.3) is 0 Å². The molecule has 0 aliphatic carbocycles. The first kappa shape index (κ1) is 14.7. The predicted octanol–water partition coefficient (Wildman–Crippen LogP) is 1.06. The lowest BCUT2D eigenvalue weighted by Crippen LogP contribution is -2.27. The van der Waals surface area contributed by atoms with E-state index in [1.165, 1.54) is 0 Å². The molecule has 0 atom stereocenters. The van der Waals surface area contributed by atoms with Gasteiger partial charge >= 0.3 is 0 Å². The molecule has 18 heavy (non-hydrogen) atoms. The SMILES string of the molecule is CCc1nc(NN)c(C)c(NCC(C)(C)CO)n1. The fraction of sp³-hybridized carbons (Fsp3) is 0.667. The van der Waals surface area contributed by atoms with Crippen molar-refractivity contribution in [1.29, 1.82) is 0 Å². The topological polar surface area (TPSA) is 96.1 Å². The van der Waals surface area contributed by atoms with Crippen molar-refractivity contribution in [1.82, 2.24) is 9.97 Å². The number of anilines is 2. The molecule has 0 saturated heterocycles. The van der Waals surface area contributed by atoms with E-state index in [0.717, 1.165) is 23.6 Å². The van der Waals surface area contributed by atoms with Crippen LogP contribution in [0.1, 0.15) is 32.2 Å². The van der Waals surface area contributed by atoms with Crippen molar-refractivity contribution in [3.05, 3.63) is 11.4 Å². The van der Waals surface area contributed by atoms with E-state index in [-0.39, 0.29) is 12.0 Å². The minimum absolute atomic E-state index is 0.118. The number of hydrogen-bond donors (Lipinski definition) is 4. The van der Waals surface area contributed by atoms with Gasteiger partial charge in [0.25, 0.3) is 0 Å². The van der Waals surface area contributed by atoms with Crippen molar-refractivity contribution in [2.45, 2.75) is 34.1 Å². The first-order chi connectivity index (χ1) is 8.43. The third kappa shape index (κ3) is 3.54. The Bertz CT molecular complexity index is 406. The van der Waals surface area contributed by atoms with Crippen molar-refractivity contribution in [2.75, 3.05) is 23.9 Å². The molecule has 0 radical (unpaired) electrons. The molecule has 0 amide bonds. The summed E-state index contributed by atoms with van der Waals surface area (Å²) in [5, 5.41) is 12.5. The van der Waals surface area contributed by atoms with Crippen molar-refractivity contribution < 1.29 is 5.11 Å². The minimum Gasteiger partial charge on any atom is -0.396 e. The lowest BCUT2D eigenvalue weighted by Gasteiger charge is -2.23. The summed E-state index contributed by atoms with van der Waals surface area (Å²) in [5.41, 5.74) is 3.26. The van der Waals surface area contributed by atoms with Gasteiger partial charge in [0.05, 0.1) is 0 Å². The zero-order chi connectivity index (χ0) is 13.8. The number of nitrogen functional groups attached to an aromatic ring is 1. The van der Waals surface area contributed by atoms with E-state index in [1.807, 2.05) is 27.7 Å². The molecule has 0 fully saturated rings. The maximum atomic E-state index is 9.24. The van der Waals surface area contributed by atoms with Crippen LogP contribution in [0.15, 0.2) is 0 Å². The highest BCUT2D eigenvalue weighted by Gasteiger charge is 2.17. The second-order valence-electron chi connectivity index (χ2n) is 5.14. The molecule has 0 aliphatic heterocycles. The molecule has 1 rings (SSSR count). The van der Waals surface area contributed by atoms with Crippen LogP contribution in [0.3, 0.4) is 0 Å². The highest BCUT2D eigenvalue weighted by atomic mass is 16.3. The molecule has 0 bridgehead atoms.